The van der Waals surface area contributed by atoms with E-state index in [1.54, 1.807) is 4.90 Å². The van der Waals surface area contributed by atoms with Gasteiger partial charge in [0.25, 0.3) is 0 Å². The van der Waals surface area contributed by atoms with Gasteiger partial charge in [-0.1, -0.05) is 30.7 Å². The van der Waals surface area contributed by atoms with Crippen molar-refractivity contribution in [2.24, 2.45) is 0 Å². The van der Waals surface area contributed by atoms with Crippen molar-refractivity contribution in [2.45, 2.75) is 25.2 Å². The second-order valence-electron chi connectivity index (χ2n) is 6.47. The predicted molar refractivity (Wildman–Crippen MR) is 92.1 cm³/mol. The Morgan fingerprint density at radius 1 is 1.35 bits per heavy atom. The summed E-state index contributed by atoms with van der Waals surface area (Å²) >= 11 is 6.08. The number of amides is 1. The van der Waals surface area contributed by atoms with Crippen LogP contribution in [0, 0.1) is 0 Å². The van der Waals surface area contributed by atoms with Gasteiger partial charge in [0.1, 0.15) is 0 Å². The van der Waals surface area contributed by atoms with Crippen molar-refractivity contribution in [1.29, 1.82) is 0 Å². The van der Waals surface area contributed by atoms with Crippen LogP contribution in [-0.2, 0) is 20.2 Å². The molecule has 128 valence electrons. The number of halogens is 1. The van der Waals surface area contributed by atoms with E-state index in [9.17, 15) is 13.2 Å². The molecule has 2 rings (SSSR count). The van der Waals surface area contributed by atoms with Crippen LogP contribution in [0.1, 0.15) is 25.3 Å². The van der Waals surface area contributed by atoms with E-state index in [-0.39, 0.29) is 17.9 Å². The van der Waals surface area contributed by atoms with Gasteiger partial charge in [0.2, 0.25) is 15.9 Å². The SMILES string of the molecule is CN(CC(=O)N1CCC(C)(c2cccc(Cl)c2)CC1)S(C)(=O)=O. The van der Waals surface area contributed by atoms with E-state index in [2.05, 4.69) is 13.0 Å². The van der Waals surface area contributed by atoms with Crippen LogP contribution in [-0.4, -0.2) is 56.5 Å². The van der Waals surface area contributed by atoms with Gasteiger partial charge in [-0.2, -0.15) is 4.31 Å². The summed E-state index contributed by atoms with van der Waals surface area (Å²) < 4.78 is 23.9. The van der Waals surface area contributed by atoms with Gasteiger partial charge in [-0.25, -0.2) is 8.42 Å². The molecule has 0 aromatic heterocycles. The van der Waals surface area contributed by atoms with Gasteiger partial charge in [0.05, 0.1) is 12.8 Å². The first-order valence-corrected chi connectivity index (χ1v) is 9.80. The maximum atomic E-state index is 12.3. The number of benzene rings is 1. The maximum Gasteiger partial charge on any atom is 0.237 e. The van der Waals surface area contributed by atoms with Crippen LogP contribution in [0.5, 0.6) is 0 Å². The van der Waals surface area contributed by atoms with Gasteiger partial charge in [-0.15, -0.1) is 0 Å². The van der Waals surface area contributed by atoms with Crippen LogP contribution < -0.4 is 0 Å². The minimum absolute atomic E-state index is 0.00951. The summed E-state index contributed by atoms with van der Waals surface area (Å²) in [5.74, 6) is -0.147. The predicted octanol–water partition coefficient (Wildman–Crippen LogP) is 2.11. The zero-order chi connectivity index (χ0) is 17.3. The molecule has 5 nitrogen and oxygen atoms in total. The highest BCUT2D eigenvalue weighted by Gasteiger charge is 2.33. The molecule has 1 aliphatic rings. The van der Waals surface area contributed by atoms with Gasteiger partial charge in [0.15, 0.2) is 0 Å². The lowest BCUT2D eigenvalue weighted by Gasteiger charge is -2.40. The van der Waals surface area contributed by atoms with E-state index in [4.69, 9.17) is 11.6 Å². The van der Waals surface area contributed by atoms with Crippen molar-refractivity contribution in [1.82, 2.24) is 9.21 Å². The summed E-state index contributed by atoms with van der Waals surface area (Å²) in [4.78, 5) is 14.0. The number of likely N-dealkylation sites (N-methyl/N-ethyl adjacent to an activating group) is 1. The van der Waals surface area contributed by atoms with Crippen molar-refractivity contribution in [3.8, 4) is 0 Å². The van der Waals surface area contributed by atoms with Crippen molar-refractivity contribution in [2.75, 3.05) is 32.9 Å². The third-order valence-corrected chi connectivity index (χ3v) is 6.16. The largest absolute Gasteiger partial charge is 0.341 e. The Morgan fingerprint density at radius 2 is 1.96 bits per heavy atom. The summed E-state index contributed by atoms with van der Waals surface area (Å²) in [6, 6.07) is 7.85. The quantitative estimate of drug-likeness (QED) is 0.828. The number of carbonyl (C=O) groups excluding carboxylic acids is 1. The van der Waals surface area contributed by atoms with Crippen molar-refractivity contribution in [3.63, 3.8) is 0 Å². The lowest BCUT2D eigenvalue weighted by molar-refractivity contribution is -0.132. The Hall–Kier alpha value is -1.11. The maximum absolute atomic E-state index is 12.3. The zero-order valence-corrected chi connectivity index (χ0v) is 15.3. The first-order valence-electron chi connectivity index (χ1n) is 7.57. The van der Waals surface area contributed by atoms with E-state index in [1.165, 1.54) is 12.6 Å². The number of piperidine rings is 1. The standard InChI is InChI=1S/C16H23ClN2O3S/c1-16(13-5-4-6-14(17)11-13)7-9-19(10-8-16)15(20)12-18(2)23(3,21)22/h4-6,11H,7-10,12H2,1-3H3. The molecule has 23 heavy (non-hydrogen) atoms. The summed E-state index contributed by atoms with van der Waals surface area (Å²) in [6.45, 7) is 3.33. The molecular formula is C16H23ClN2O3S. The van der Waals surface area contributed by atoms with Gasteiger partial charge in [-0.3, -0.25) is 4.79 Å². The fraction of sp³-hybridized carbons (Fsp3) is 0.562. The molecule has 0 unspecified atom stereocenters. The first kappa shape index (κ1) is 18.2. The Labute approximate surface area is 143 Å². The Balaban J connectivity index is 1.99. The van der Waals surface area contributed by atoms with Crippen LogP contribution >= 0.6 is 11.6 Å². The highest BCUT2D eigenvalue weighted by molar-refractivity contribution is 7.88. The fourth-order valence-electron chi connectivity index (χ4n) is 2.81. The number of likely N-dealkylation sites (tertiary alicyclic amines) is 1. The molecule has 0 radical (unpaired) electrons. The molecule has 7 heteroatoms. The molecular weight excluding hydrogens is 336 g/mol. The molecule has 1 aromatic rings. The lowest BCUT2D eigenvalue weighted by atomic mass is 9.74. The number of carbonyl (C=O) groups is 1. The Kier molecular flexibility index (Phi) is 5.38. The third-order valence-electron chi connectivity index (χ3n) is 4.67. The van der Waals surface area contributed by atoms with E-state index in [0.29, 0.717) is 13.1 Å². The molecule has 0 aliphatic carbocycles. The fourth-order valence-corrected chi connectivity index (χ4v) is 3.35. The minimum atomic E-state index is -3.34. The van der Waals surface area contributed by atoms with E-state index in [1.807, 2.05) is 18.2 Å². The smallest absolute Gasteiger partial charge is 0.237 e. The Bertz CT molecular complexity index is 682. The number of hydrogen-bond acceptors (Lipinski definition) is 3. The summed E-state index contributed by atoms with van der Waals surface area (Å²) in [5, 5.41) is 0.719. The lowest BCUT2D eigenvalue weighted by Crippen LogP contribution is -2.47. The van der Waals surface area contributed by atoms with E-state index in [0.717, 1.165) is 28.4 Å². The number of hydrogen-bond donors (Lipinski definition) is 0. The summed E-state index contributed by atoms with van der Waals surface area (Å²) in [5.41, 5.74) is 1.18. The minimum Gasteiger partial charge on any atom is -0.341 e. The van der Waals surface area contributed by atoms with Gasteiger partial charge in [0, 0.05) is 25.2 Å². The highest BCUT2D eigenvalue weighted by Crippen LogP contribution is 2.36. The molecule has 1 heterocycles. The normalized spacial score (nSPS) is 18.2. The second kappa shape index (κ2) is 6.79. The van der Waals surface area contributed by atoms with Crippen LogP contribution in [0.4, 0.5) is 0 Å². The first-order chi connectivity index (χ1) is 10.6. The molecule has 1 amide bonds. The zero-order valence-electron chi connectivity index (χ0n) is 13.8. The topological polar surface area (TPSA) is 57.7 Å². The van der Waals surface area contributed by atoms with Crippen LogP contribution in [0.15, 0.2) is 24.3 Å². The van der Waals surface area contributed by atoms with Crippen molar-refractivity contribution in [3.05, 3.63) is 34.9 Å². The van der Waals surface area contributed by atoms with Crippen LogP contribution in [0.3, 0.4) is 0 Å². The number of nitrogens with zero attached hydrogens (tertiary/aromatic N) is 2. The average Bonchev–Trinajstić information content (AvgIpc) is 2.47. The van der Waals surface area contributed by atoms with Crippen LogP contribution in [0.2, 0.25) is 5.02 Å². The summed E-state index contributed by atoms with van der Waals surface area (Å²) in [6.07, 6.45) is 2.77. The molecule has 0 bridgehead atoms. The molecule has 0 spiro atoms. The molecule has 1 aromatic carbocycles. The Morgan fingerprint density at radius 3 is 2.48 bits per heavy atom. The van der Waals surface area contributed by atoms with Crippen molar-refractivity contribution >= 4 is 27.5 Å². The third kappa shape index (κ3) is 4.46. The molecule has 0 N–H and O–H groups in total. The van der Waals surface area contributed by atoms with E-state index >= 15 is 0 Å². The van der Waals surface area contributed by atoms with Crippen LogP contribution in [0.25, 0.3) is 0 Å². The van der Waals surface area contributed by atoms with Gasteiger partial charge in [-0.05, 0) is 36.0 Å². The molecule has 0 atom stereocenters. The van der Waals surface area contributed by atoms with Crippen molar-refractivity contribution < 1.29 is 13.2 Å². The number of rotatable bonds is 4. The summed E-state index contributed by atoms with van der Waals surface area (Å²) in [7, 11) is -1.91. The average molecular weight is 359 g/mol. The second-order valence-corrected chi connectivity index (χ2v) is 9.00. The molecule has 1 fully saturated rings. The number of sulfonamides is 1. The van der Waals surface area contributed by atoms with E-state index < -0.39 is 10.0 Å². The molecule has 1 aliphatic heterocycles. The molecule has 0 saturated carbocycles. The molecule has 1 saturated heterocycles. The highest BCUT2D eigenvalue weighted by atomic mass is 35.5. The van der Waals surface area contributed by atoms with Gasteiger partial charge < -0.3 is 4.90 Å². The monoisotopic (exact) mass is 358 g/mol. The van der Waals surface area contributed by atoms with Gasteiger partial charge >= 0.3 is 0 Å².